The Balaban J connectivity index is 1.43. The summed E-state index contributed by atoms with van der Waals surface area (Å²) < 4.78 is 12.3. The minimum Gasteiger partial charge on any atom is -0.490 e. The van der Waals surface area contributed by atoms with Crippen molar-refractivity contribution in [3.63, 3.8) is 0 Å². The van der Waals surface area contributed by atoms with Gasteiger partial charge in [0.25, 0.3) is 11.5 Å². The first-order valence-electron chi connectivity index (χ1n) is 10.6. The maximum atomic E-state index is 12.5. The molecular formula is C23H25N3O5. The lowest BCUT2D eigenvalue weighted by Gasteiger charge is -2.11. The number of nitrogens with one attached hydrogen (secondary N) is 1. The number of hydrogen-bond donors (Lipinski definition) is 1. The van der Waals surface area contributed by atoms with Crippen LogP contribution in [0.2, 0.25) is 0 Å². The van der Waals surface area contributed by atoms with E-state index in [1.54, 1.807) is 24.3 Å². The van der Waals surface area contributed by atoms with Crippen LogP contribution in [0.4, 0.5) is 0 Å². The molecule has 0 saturated heterocycles. The number of carbonyl (C=O) groups is 1. The molecule has 1 amide bonds. The first-order valence-corrected chi connectivity index (χ1v) is 10.6. The molecule has 4 rings (SSSR count). The molecule has 1 aliphatic carbocycles. The summed E-state index contributed by atoms with van der Waals surface area (Å²) in [5.41, 5.74) is 0.189. The summed E-state index contributed by atoms with van der Waals surface area (Å²) in [4.78, 5) is 41.6. The summed E-state index contributed by atoms with van der Waals surface area (Å²) in [7, 11) is 0. The molecule has 3 aromatic rings. The lowest BCUT2D eigenvalue weighted by atomic mass is 10.0. The predicted octanol–water partition coefficient (Wildman–Crippen LogP) is 2.84. The van der Waals surface area contributed by atoms with Crippen LogP contribution in [-0.2, 0) is 6.54 Å². The zero-order chi connectivity index (χ0) is 21.8. The normalized spacial score (nSPS) is 14.1. The molecule has 0 radical (unpaired) electrons. The second-order valence-electron chi connectivity index (χ2n) is 7.64. The third-order valence-electron chi connectivity index (χ3n) is 5.58. The molecule has 1 saturated carbocycles. The van der Waals surface area contributed by atoms with Gasteiger partial charge in [-0.25, -0.2) is 9.78 Å². The maximum absolute atomic E-state index is 12.5. The van der Waals surface area contributed by atoms with Crippen LogP contribution in [0.25, 0.3) is 11.0 Å². The van der Waals surface area contributed by atoms with Gasteiger partial charge >= 0.3 is 5.63 Å². The minimum absolute atomic E-state index is 0.0943. The van der Waals surface area contributed by atoms with Gasteiger partial charge in [-0.05, 0) is 31.9 Å². The van der Waals surface area contributed by atoms with Crippen LogP contribution in [0.5, 0.6) is 5.75 Å². The molecule has 162 valence electrons. The van der Waals surface area contributed by atoms with Gasteiger partial charge in [0.2, 0.25) is 0 Å². The van der Waals surface area contributed by atoms with Crippen LogP contribution >= 0.6 is 0 Å². The molecule has 1 N–H and O–H groups in total. The second kappa shape index (κ2) is 9.16. The topological polar surface area (TPSA) is 103 Å². The van der Waals surface area contributed by atoms with Crippen LogP contribution in [0, 0.1) is 0 Å². The first kappa shape index (κ1) is 20.8. The van der Waals surface area contributed by atoms with Gasteiger partial charge < -0.3 is 14.5 Å². The number of benzene rings is 1. The number of para-hydroxylation sites is 1. The molecule has 1 aliphatic rings. The van der Waals surface area contributed by atoms with Gasteiger partial charge in [-0.15, -0.1) is 0 Å². The third-order valence-corrected chi connectivity index (χ3v) is 5.58. The zero-order valence-electron chi connectivity index (χ0n) is 17.4. The number of aromatic nitrogens is 2. The lowest BCUT2D eigenvalue weighted by molar-refractivity contribution is 0.0948. The fourth-order valence-electron chi connectivity index (χ4n) is 3.98. The predicted molar refractivity (Wildman–Crippen MR) is 116 cm³/mol. The standard InChI is InChI=1S/C23H25N3O5/c1-2-30-19-9-5-8-16-12-17(23(29)31-21(16)19)22(28)24-10-11-26-14-25-18(13-20(26)27)15-6-3-4-7-15/h5,8-9,12-15H,2-4,6-7,10-11H2,1H3,(H,24,28). The van der Waals surface area contributed by atoms with Crippen molar-refractivity contribution >= 4 is 16.9 Å². The molecule has 0 unspecified atom stereocenters. The third kappa shape index (κ3) is 4.52. The summed E-state index contributed by atoms with van der Waals surface area (Å²) in [5, 5.41) is 3.27. The van der Waals surface area contributed by atoms with Crippen LogP contribution < -0.4 is 21.2 Å². The van der Waals surface area contributed by atoms with Crippen molar-refractivity contribution in [2.24, 2.45) is 0 Å². The van der Waals surface area contributed by atoms with Gasteiger partial charge in [-0.2, -0.15) is 0 Å². The Morgan fingerprint density at radius 2 is 2.06 bits per heavy atom. The molecule has 2 heterocycles. The summed E-state index contributed by atoms with van der Waals surface area (Å²) in [6, 6.07) is 8.30. The van der Waals surface area contributed by atoms with E-state index in [-0.39, 0.29) is 24.2 Å². The van der Waals surface area contributed by atoms with E-state index in [2.05, 4.69) is 10.3 Å². The van der Waals surface area contributed by atoms with Gasteiger partial charge in [0.05, 0.1) is 18.6 Å². The molecule has 2 aromatic heterocycles. The van der Waals surface area contributed by atoms with Crippen molar-refractivity contribution in [3.05, 3.63) is 68.7 Å². The fourth-order valence-corrected chi connectivity index (χ4v) is 3.98. The van der Waals surface area contributed by atoms with Crippen LogP contribution in [0.3, 0.4) is 0 Å². The first-order chi connectivity index (χ1) is 15.1. The van der Waals surface area contributed by atoms with Crippen molar-refractivity contribution in [3.8, 4) is 5.75 Å². The Kier molecular flexibility index (Phi) is 6.16. The number of amides is 1. The van der Waals surface area contributed by atoms with Crippen molar-refractivity contribution in [1.29, 1.82) is 0 Å². The highest BCUT2D eigenvalue weighted by Crippen LogP contribution is 2.32. The van der Waals surface area contributed by atoms with E-state index in [9.17, 15) is 14.4 Å². The van der Waals surface area contributed by atoms with Gasteiger partial charge in [0.15, 0.2) is 11.3 Å². The van der Waals surface area contributed by atoms with E-state index in [0.717, 1.165) is 18.5 Å². The van der Waals surface area contributed by atoms with Crippen LogP contribution in [0.15, 0.2) is 50.7 Å². The molecule has 0 spiro atoms. The van der Waals surface area contributed by atoms with Crippen molar-refractivity contribution in [2.75, 3.05) is 13.2 Å². The Hall–Kier alpha value is -3.42. The second-order valence-corrected chi connectivity index (χ2v) is 7.64. The number of carbonyl (C=O) groups excluding carboxylic acids is 1. The van der Waals surface area contributed by atoms with Gasteiger partial charge in [-0.3, -0.25) is 14.2 Å². The van der Waals surface area contributed by atoms with Gasteiger partial charge in [-0.1, -0.05) is 25.0 Å². The fraction of sp³-hybridized carbons (Fsp3) is 0.391. The lowest BCUT2D eigenvalue weighted by Crippen LogP contribution is -2.33. The molecular weight excluding hydrogens is 398 g/mol. The molecule has 1 aromatic carbocycles. The smallest absolute Gasteiger partial charge is 0.349 e. The monoisotopic (exact) mass is 423 g/mol. The molecule has 8 heteroatoms. The molecule has 31 heavy (non-hydrogen) atoms. The number of rotatable bonds is 7. The molecule has 0 bridgehead atoms. The summed E-state index contributed by atoms with van der Waals surface area (Å²) in [6.07, 6.45) is 6.04. The van der Waals surface area contributed by atoms with Gasteiger partial charge in [0.1, 0.15) is 5.56 Å². The Morgan fingerprint density at radius 3 is 2.81 bits per heavy atom. The Labute approximate surface area is 178 Å². The Bertz CT molecular complexity index is 1210. The highest BCUT2D eigenvalue weighted by molar-refractivity contribution is 5.97. The van der Waals surface area contributed by atoms with Crippen molar-refractivity contribution in [2.45, 2.75) is 45.1 Å². The molecule has 1 fully saturated rings. The minimum atomic E-state index is -0.739. The summed E-state index contributed by atoms with van der Waals surface area (Å²) in [5.74, 6) is 0.274. The number of fused-ring (bicyclic) bond motifs is 1. The molecule has 0 aliphatic heterocycles. The molecule has 0 atom stereocenters. The summed E-state index contributed by atoms with van der Waals surface area (Å²) in [6.45, 7) is 2.71. The number of hydrogen-bond acceptors (Lipinski definition) is 6. The number of ether oxygens (including phenoxy) is 1. The van der Waals surface area contributed by atoms with Crippen LogP contribution in [-0.4, -0.2) is 28.6 Å². The van der Waals surface area contributed by atoms with Crippen molar-refractivity contribution in [1.82, 2.24) is 14.9 Å². The highest BCUT2D eigenvalue weighted by Gasteiger charge is 2.19. The highest BCUT2D eigenvalue weighted by atomic mass is 16.5. The Morgan fingerprint density at radius 1 is 1.26 bits per heavy atom. The van der Waals surface area contributed by atoms with E-state index in [4.69, 9.17) is 9.15 Å². The largest absolute Gasteiger partial charge is 0.490 e. The van der Waals surface area contributed by atoms with E-state index in [0.29, 0.717) is 29.2 Å². The number of nitrogens with zero attached hydrogens (tertiary/aromatic N) is 2. The average Bonchev–Trinajstić information content (AvgIpc) is 3.30. The van der Waals surface area contributed by atoms with E-state index < -0.39 is 11.5 Å². The quantitative estimate of drug-likeness (QED) is 0.586. The average molecular weight is 423 g/mol. The van der Waals surface area contributed by atoms with E-state index in [1.165, 1.54) is 29.8 Å². The van der Waals surface area contributed by atoms with E-state index >= 15 is 0 Å². The van der Waals surface area contributed by atoms with Crippen LogP contribution in [0.1, 0.15) is 54.6 Å². The molecule has 8 nitrogen and oxygen atoms in total. The van der Waals surface area contributed by atoms with Crippen molar-refractivity contribution < 1.29 is 13.9 Å². The maximum Gasteiger partial charge on any atom is 0.349 e. The van der Waals surface area contributed by atoms with E-state index in [1.807, 2.05) is 6.92 Å². The zero-order valence-corrected chi connectivity index (χ0v) is 17.4. The SMILES string of the molecule is CCOc1cccc2cc(C(=O)NCCn3cnc(C4CCCC4)cc3=O)c(=O)oc12. The van der Waals surface area contributed by atoms with Gasteiger partial charge in [0, 0.05) is 30.5 Å². The summed E-state index contributed by atoms with van der Waals surface area (Å²) >= 11 is 0.